The molecule has 42 heteroatoms. The van der Waals surface area contributed by atoms with Crippen LogP contribution in [0.4, 0.5) is 34.1 Å². The van der Waals surface area contributed by atoms with Crippen molar-refractivity contribution < 1.29 is 98.7 Å². The van der Waals surface area contributed by atoms with Gasteiger partial charge in [-0.1, -0.05) is 0 Å². The summed E-state index contributed by atoms with van der Waals surface area (Å²) < 4.78 is 257. The molecule has 0 spiro atoms. The van der Waals surface area contributed by atoms with E-state index < -0.39 is 108 Å². The van der Waals surface area contributed by atoms with E-state index >= 15 is 0 Å². The molecule has 33 nitrogen and oxygen atoms in total. The van der Waals surface area contributed by atoms with Gasteiger partial charge in [0, 0.05) is 0 Å². The fourth-order valence-electron chi connectivity index (χ4n) is 11.1. The average molecular weight is 2060 g/mol. The number of aliphatic imine (C=N–C) groups is 6. The van der Waals surface area contributed by atoms with Crippen LogP contribution in [0.2, 0.25) is 0 Å². The van der Waals surface area contributed by atoms with Crippen molar-refractivity contribution in [2.24, 2.45) is 43.5 Å². The van der Waals surface area contributed by atoms with Crippen LogP contribution in [0, 0.1) is 0 Å². The number of rotatable bonds is 30. The summed E-state index contributed by atoms with van der Waals surface area (Å²) in [6.07, 6.45) is 8.13. The van der Waals surface area contributed by atoms with Crippen molar-refractivity contribution in [3.8, 4) is 34.5 Å². The molecule has 13 rings (SSSR count). The maximum atomic E-state index is 12.6. The van der Waals surface area contributed by atoms with Crippen LogP contribution in [0.5, 0.6) is 34.5 Å². The summed E-state index contributed by atoms with van der Waals surface area (Å²) >= 11 is -33.2. The fraction of sp³-hybridized carbons (Fsp3) is 0. The standard InChI is InChI=1S/C78H66As6N9O24P3/c94-79(95,96)67-13-1-7-19-73(67)85-49-55-25-37-61(38-26-55)112-118(113-62-39-27-56(28-40-62)50-86-74-20-8-2-14-68(74)80(97,98)99)91-119(114-63-41-29-57(30-42-63)51-87-75-21-9-3-15-69(75)81(100,101)102,115-64-43-31-58(32-44-64)52-88-76-22-10-4-16-70(76)82(103,104)105)93-120(92-118,116-65-45-33-59(34-46-65)53-89-77-23-11-5-17-71(77)83(106,107)108)117-66-47-35-60(36-48-66)54-90-78-24-12-6-18-72(78)84(109,110)111/h1-54H,(H2,94,95,96)(H2,97,98,99)(H2,100,101,102)(H2,103,104,105)(H2,106,107,108)(H2,109,110,111). The summed E-state index contributed by atoms with van der Waals surface area (Å²) in [6.45, 7) is 0. The Morgan fingerprint density at radius 1 is 0.200 bits per heavy atom. The minimum atomic E-state index is -5.53. The summed E-state index contributed by atoms with van der Waals surface area (Å²) in [6, 6.07) is 70.5. The summed E-state index contributed by atoms with van der Waals surface area (Å²) in [4.78, 5) is 26.5. The monoisotopic (exact) mass is 2050 g/mol. The van der Waals surface area contributed by atoms with E-state index in [0.29, 0.717) is 33.4 Å². The first-order chi connectivity index (χ1) is 57.0. The topological polar surface area (TPSA) is 512 Å². The zero-order valence-electron chi connectivity index (χ0n) is 61.5. The Labute approximate surface area is 700 Å². The number of para-hydroxylation sites is 6. The van der Waals surface area contributed by atoms with Crippen molar-refractivity contribution in [2.75, 3.05) is 0 Å². The summed E-state index contributed by atoms with van der Waals surface area (Å²) in [7, 11) is -14.8. The molecule has 1 aliphatic rings. The quantitative estimate of drug-likeness (QED) is 0.0115. The van der Waals surface area contributed by atoms with Gasteiger partial charge in [0.15, 0.2) is 0 Å². The Kier molecular flexibility index (Phi) is 27.0. The molecular formula is C78H66As6N9O24P3. The maximum absolute atomic E-state index is 12.6. The first-order valence-electron chi connectivity index (χ1n) is 34.9. The number of hydrogen-bond acceptors (Lipinski definition) is 21. The third-order valence-corrected chi connectivity index (χ3v) is 37.4. The molecule has 0 fully saturated rings. The van der Waals surface area contributed by atoms with E-state index in [2.05, 4.69) is 30.0 Å². The van der Waals surface area contributed by atoms with E-state index in [1.54, 1.807) is 109 Å². The minimum absolute atomic E-state index is 0.00368. The van der Waals surface area contributed by atoms with Crippen LogP contribution in [0.25, 0.3) is 0 Å². The Hall–Kier alpha value is -10.2. The van der Waals surface area contributed by atoms with Crippen molar-refractivity contribution in [1.82, 2.24) is 0 Å². The van der Waals surface area contributed by atoms with E-state index in [0.717, 1.165) is 0 Å². The Morgan fingerprint density at radius 3 is 0.450 bits per heavy atom. The van der Waals surface area contributed by atoms with Gasteiger partial charge in [-0.15, -0.1) is 0 Å². The summed E-state index contributed by atoms with van der Waals surface area (Å²) in [5, 5.41) is 0. The van der Waals surface area contributed by atoms with Gasteiger partial charge in [0.25, 0.3) is 0 Å². The molecule has 0 unspecified atom stereocenters. The molecule has 612 valence electrons. The van der Waals surface area contributed by atoms with Crippen molar-refractivity contribution in [3.63, 3.8) is 0 Å². The molecule has 120 heavy (non-hydrogen) atoms. The van der Waals surface area contributed by atoms with E-state index in [1.165, 1.54) is 219 Å². The first kappa shape index (κ1) is 87.6. The third-order valence-electron chi connectivity index (χ3n) is 16.6. The second-order valence-corrected chi connectivity index (χ2v) is 51.4. The molecule has 0 bridgehead atoms. The SMILES string of the molecule is O=[As](O)(O)c1ccccc1N=Cc1ccc(OP2(Oc3ccc(C=Nc4ccccc4[As](=O)(O)O)cc3)=NP(Oc3ccc(C=Nc4ccccc4[As](=O)(O)O)cc3)(Oc3ccc(C=Nc4ccccc4[As](=O)(O)O)cc3)=NP(Oc3ccc(C=Nc4ccccc4[As](=O)(O)O)cc3)(Oc3ccc(C=Nc4ccccc4[As](=O)(O)O)cc3)=N2)cc1. The Balaban J connectivity index is 1.04. The molecule has 1 aliphatic heterocycles. The van der Waals surface area contributed by atoms with Crippen LogP contribution < -0.4 is 53.2 Å². The average Bonchev–Trinajstić information content (AvgIpc) is 0.727. The van der Waals surface area contributed by atoms with Gasteiger partial charge < -0.3 is 0 Å². The van der Waals surface area contributed by atoms with Gasteiger partial charge >= 0.3 is 707 Å². The van der Waals surface area contributed by atoms with E-state index in [-0.39, 0.29) is 94.7 Å². The number of hydrogen-bond donors (Lipinski definition) is 12. The van der Waals surface area contributed by atoms with Crippen LogP contribution in [-0.2, 0) is 22.4 Å². The number of nitrogens with zero attached hydrogens (tertiary/aromatic N) is 9. The molecule has 1 heterocycles. The molecule has 12 N–H and O–H groups in total. The van der Waals surface area contributed by atoms with Gasteiger partial charge in [-0.2, -0.15) is 0 Å². The molecule has 0 aliphatic carbocycles. The zero-order chi connectivity index (χ0) is 85.1. The van der Waals surface area contributed by atoms with Gasteiger partial charge in [0.1, 0.15) is 0 Å². The van der Waals surface area contributed by atoms with Gasteiger partial charge in [0.2, 0.25) is 0 Å². The van der Waals surface area contributed by atoms with Gasteiger partial charge in [0.05, 0.1) is 0 Å². The van der Waals surface area contributed by atoms with Crippen molar-refractivity contribution in [1.29, 1.82) is 0 Å². The van der Waals surface area contributed by atoms with Crippen LogP contribution in [-0.4, -0.2) is 171 Å². The first-order valence-corrected chi connectivity index (χ1v) is 59.8. The van der Waals surface area contributed by atoms with E-state index in [4.69, 9.17) is 40.7 Å². The molecule has 0 atom stereocenters. The molecule has 0 saturated carbocycles. The van der Waals surface area contributed by atoms with Crippen LogP contribution in [0.1, 0.15) is 33.4 Å². The second kappa shape index (κ2) is 37.0. The normalized spacial score (nSPS) is 16.8. The van der Waals surface area contributed by atoms with Gasteiger partial charge in [-0.3, -0.25) is 0 Å². The van der Waals surface area contributed by atoms with Crippen molar-refractivity contribution >= 4 is 206 Å². The molecule has 0 aromatic heterocycles. The Bertz CT molecular complexity index is 5520. The van der Waals surface area contributed by atoms with Crippen LogP contribution >= 0.6 is 23.0 Å². The van der Waals surface area contributed by atoms with Gasteiger partial charge in [-0.25, -0.2) is 0 Å². The predicted molar refractivity (Wildman–Crippen MR) is 456 cm³/mol. The third kappa shape index (κ3) is 23.3. The molecule has 0 amide bonds. The second-order valence-electron chi connectivity index (χ2n) is 25.4. The molecule has 0 radical (unpaired) electrons. The van der Waals surface area contributed by atoms with Crippen LogP contribution in [0.3, 0.4) is 0 Å². The fourth-order valence-corrected chi connectivity index (χ4v) is 29.1. The Morgan fingerprint density at radius 2 is 0.325 bits per heavy atom. The number of benzene rings is 12. The summed E-state index contributed by atoms with van der Waals surface area (Å²) in [5.41, 5.74) is 2.23. The predicted octanol–water partition coefficient (Wildman–Crippen LogP) is 8.18. The van der Waals surface area contributed by atoms with Crippen molar-refractivity contribution in [2.45, 2.75) is 0 Å². The van der Waals surface area contributed by atoms with E-state index in [1.807, 2.05) is 0 Å². The molecule has 12 aromatic carbocycles. The van der Waals surface area contributed by atoms with Crippen molar-refractivity contribution in [3.05, 3.63) is 325 Å². The molecule has 0 saturated heterocycles. The molecular weight excluding hydrogens is 1990 g/mol. The van der Waals surface area contributed by atoms with Gasteiger partial charge in [-0.05, 0) is 0 Å². The zero-order valence-corrected chi connectivity index (χ0v) is 75.4. The summed E-state index contributed by atoms with van der Waals surface area (Å²) in [5.74, 6) is -0.308. The van der Waals surface area contributed by atoms with Crippen LogP contribution in [0.15, 0.2) is 335 Å². The molecule has 12 aromatic rings. The van der Waals surface area contributed by atoms with E-state index in [9.17, 15) is 71.6 Å².